The molecule has 0 radical (unpaired) electrons. The van der Waals surface area contributed by atoms with Gasteiger partial charge < -0.3 is 4.55 Å². The molecule has 0 saturated carbocycles. The molecule has 0 aromatic rings. The maximum Gasteiger partial charge on any atom is 0.0575 e. The highest BCUT2D eigenvalue weighted by atomic mass is 35.5. The minimum absolute atomic E-state index is 0.0644. The zero-order valence-electron chi connectivity index (χ0n) is 3.97. The van der Waals surface area contributed by atoms with Crippen LogP contribution in [-0.2, 0) is 11.1 Å². The first kappa shape index (κ1) is 8.69. The molecule has 0 rings (SSSR count). The Morgan fingerprint density at radius 3 is 2.38 bits per heavy atom. The molecule has 2 nitrogen and oxygen atoms in total. The second kappa shape index (κ2) is 4.56. The predicted molar refractivity (Wildman–Crippen MR) is 34.1 cm³/mol. The van der Waals surface area contributed by atoms with E-state index in [9.17, 15) is 8.76 Å². The van der Waals surface area contributed by atoms with Crippen molar-refractivity contribution in [2.45, 2.75) is 5.38 Å². The van der Waals surface area contributed by atoms with E-state index in [0.29, 0.717) is 0 Å². The topological polar surface area (TPSA) is 40.1 Å². The molecule has 5 heteroatoms. The van der Waals surface area contributed by atoms with Crippen molar-refractivity contribution >= 4 is 34.3 Å². The van der Waals surface area contributed by atoms with Gasteiger partial charge in [0.15, 0.2) is 0 Å². The fraction of sp³-hybridized carbons (Fsp3) is 1.00. The molecule has 2 atom stereocenters. The van der Waals surface area contributed by atoms with Crippen molar-refractivity contribution in [1.29, 1.82) is 0 Å². The molecular weight excluding hydrogens is 171 g/mol. The fourth-order valence-electron chi connectivity index (χ4n) is 0.192. The third-order valence-corrected chi connectivity index (χ3v) is 2.18. The van der Waals surface area contributed by atoms with E-state index in [-0.39, 0.29) is 11.6 Å². The molecule has 0 amide bonds. The van der Waals surface area contributed by atoms with Gasteiger partial charge in [-0.2, -0.15) is 0 Å². The van der Waals surface area contributed by atoms with Crippen LogP contribution >= 0.6 is 23.2 Å². The van der Waals surface area contributed by atoms with Crippen LogP contribution in [-0.4, -0.2) is 25.8 Å². The van der Waals surface area contributed by atoms with Crippen molar-refractivity contribution in [3.05, 3.63) is 0 Å². The van der Waals surface area contributed by atoms with Gasteiger partial charge in [0.25, 0.3) is 0 Å². The lowest BCUT2D eigenvalue weighted by atomic mass is 10.6. The van der Waals surface area contributed by atoms with Crippen molar-refractivity contribution < 1.29 is 8.76 Å². The normalized spacial score (nSPS) is 17.9. The minimum Gasteiger partial charge on any atom is -0.772 e. The van der Waals surface area contributed by atoms with E-state index in [1.165, 1.54) is 0 Å². The monoisotopic (exact) mass is 175 g/mol. The minimum atomic E-state index is -2.06. The second-order valence-corrected chi connectivity index (χ2v) is 3.09. The van der Waals surface area contributed by atoms with Crippen molar-refractivity contribution in [3.8, 4) is 0 Å². The quantitative estimate of drug-likeness (QED) is 0.469. The summed E-state index contributed by atoms with van der Waals surface area (Å²) in [6.45, 7) is 0. The van der Waals surface area contributed by atoms with Crippen LogP contribution in [0.3, 0.4) is 0 Å². The molecule has 0 aliphatic heterocycles. The summed E-state index contributed by atoms with van der Waals surface area (Å²) in [5, 5.41) is -0.449. The summed E-state index contributed by atoms with van der Waals surface area (Å²) in [5.74, 6) is 0.112. The van der Waals surface area contributed by atoms with Crippen LogP contribution in [0.2, 0.25) is 0 Å². The van der Waals surface area contributed by atoms with Crippen LogP contribution in [0.1, 0.15) is 0 Å². The molecule has 0 aromatic heterocycles. The Bertz CT molecular complexity index is 87.4. The van der Waals surface area contributed by atoms with E-state index in [4.69, 9.17) is 23.2 Å². The van der Waals surface area contributed by atoms with Crippen LogP contribution in [0, 0.1) is 0 Å². The summed E-state index contributed by atoms with van der Waals surface area (Å²) < 4.78 is 19.7. The average Bonchev–Trinajstić information content (AvgIpc) is 1.65. The Morgan fingerprint density at radius 1 is 1.75 bits per heavy atom. The maximum atomic E-state index is 9.83. The van der Waals surface area contributed by atoms with E-state index in [1.54, 1.807) is 0 Å². The zero-order valence-corrected chi connectivity index (χ0v) is 6.30. The Labute approximate surface area is 60.5 Å². The number of rotatable bonds is 3. The molecule has 0 aromatic carbocycles. The average molecular weight is 176 g/mol. The summed E-state index contributed by atoms with van der Waals surface area (Å²) >= 11 is 8.46. The molecule has 0 N–H and O–H groups in total. The van der Waals surface area contributed by atoms with Crippen LogP contribution < -0.4 is 0 Å². The van der Waals surface area contributed by atoms with Crippen molar-refractivity contribution in [1.82, 2.24) is 0 Å². The van der Waals surface area contributed by atoms with Gasteiger partial charge in [0.2, 0.25) is 0 Å². The largest absolute Gasteiger partial charge is 0.772 e. The lowest BCUT2D eigenvalue weighted by molar-refractivity contribution is 0.536. The van der Waals surface area contributed by atoms with E-state index in [2.05, 4.69) is 0 Å². The number of halogens is 2. The first-order chi connectivity index (χ1) is 3.66. The highest BCUT2D eigenvalue weighted by Gasteiger charge is 1.99. The van der Waals surface area contributed by atoms with Gasteiger partial charge in [-0.05, 0) is 0 Å². The van der Waals surface area contributed by atoms with Gasteiger partial charge >= 0.3 is 0 Å². The molecule has 0 fully saturated rings. The zero-order chi connectivity index (χ0) is 6.57. The maximum absolute atomic E-state index is 9.83. The first-order valence-corrected chi connectivity index (χ1v) is 4.14. The number of hydrogen-bond donors (Lipinski definition) is 0. The molecule has 0 saturated heterocycles. The highest BCUT2D eigenvalue weighted by molar-refractivity contribution is 7.79. The Balaban J connectivity index is 3.24. The molecule has 0 aliphatic carbocycles. The number of alkyl halides is 2. The third-order valence-electron chi connectivity index (χ3n) is 0.484. The first-order valence-electron chi connectivity index (χ1n) is 1.92. The highest BCUT2D eigenvalue weighted by Crippen LogP contribution is 1.98. The lowest BCUT2D eigenvalue weighted by Gasteiger charge is -2.06. The Hall–Kier alpha value is 0.690. The van der Waals surface area contributed by atoms with Crippen LogP contribution in [0.15, 0.2) is 0 Å². The van der Waals surface area contributed by atoms with E-state index in [0.717, 1.165) is 0 Å². The molecule has 8 heavy (non-hydrogen) atoms. The summed E-state index contributed by atoms with van der Waals surface area (Å²) in [6.07, 6.45) is 0. The molecule has 0 spiro atoms. The third kappa shape index (κ3) is 4.84. The Kier molecular flexibility index (Phi) is 4.95. The van der Waals surface area contributed by atoms with Crippen LogP contribution in [0.4, 0.5) is 0 Å². The van der Waals surface area contributed by atoms with E-state index in [1.807, 2.05) is 0 Å². The fourth-order valence-corrected chi connectivity index (χ4v) is 1.15. The van der Waals surface area contributed by atoms with Gasteiger partial charge in [-0.1, -0.05) is 11.1 Å². The van der Waals surface area contributed by atoms with Crippen molar-refractivity contribution in [2.24, 2.45) is 0 Å². The van der Waals surface area contributed by atoms with Gasteiger partial charge in [0.1, 0.15) is 0 Å². The Morgan fingerprint density at radius 2 is 2.25 bits per heavy atom. The van der Waals surface area contributed by atoms with Crippen LogP contribution in [0.25, 0.3) is 0 Å². The van der Waals surface area contributed by atoms with Gasteiger partial charge in [0, 0.05) is 11.6 Å². The van der Waals surface area contributed by atoms with Gasteiger partial charge in [-0.25, -0.2) is 0 Å². The van der Waals surface area contributed by atoms with E-state index >= 15 is 0 Å². The van der Waals surface area contributed by atoms with Gasteiger partial charge in [-0.15, -0.1) is 23.2 Å². The molecule has 0 aliphatic rings. The molecule has 50 valence electrons. The van der Waals surface area contributed by atoms with Crippen LogP contribution in [0.5, 0.6) is 0 Å². The summed E-state index contributed by atoms with van der Waals surface area (Å²) in [6, 6.07) is 0. The lowest BCUT2D eigenvalue weighted by Crippen LogP contribution is -2.11. The summed E-state index contributed by atoms with van der Waals surface area (Å²) in [5.41, 5.74) is 0. The smallest absolute Gasteiger partial charge is 0.0575 e. The number of hydrogen-bond acceptors (Lipinski definition) is 2. The summed E-state index contributed by atoms with van der Waals surface area (Å²) in [4.78, 5) is 0. The standard InChI is InChI=1S/C3H6Cl2O2S/c4-1-3(5)2-8(6)7/h3H,1-2H2,(H,6,7)/p-1. The van der Waals surface area contributed by atoms with Crippen molar-refractivity contribution in [3.63, 3.8) is 0 Å². The van der Waals surface area contributed by atoms with E-state index < -0.39 is 16.5 Å². The van der Waals surface area contributed by atoms with Crippen molar-refractivity contribution in [2.75, 3.05) is 11.6 Å². The van der Waals surface area contributed by atoms with Gasteiger partial charge in [-0.3, -0.25) is 4.21 Å². The predicted octanol–water partition coefficient (Wildman–Crippen LogP) is 0.712. The SMILES string of the molecule is O=S([O-])CC(Cl)CCl. The molecule has 2 unspecified atom stereocenters. The second-order valence-electron chi connectivity index (χ2n) is 1.22. The summed E-state index contributed by atoms with van der Waals surface area (Å²) in [7, 11) is 0. The molecule has 0 heterocycles. The molecule has 0 bridgehead atoms. The van der Waals surface area contributed by atoms with Gasteiger partial charge in [0.05, 0.1) is 5.38 Å². The molecular formula is C3H5Cl2O2S-.